The van der Waals surface area contributed by atoms with E-state index in [1.807, 2.05) is 0 Å². The van der Waals surface area contributed by atoms with Crippen LogP contribution in [0.1, 0.15) is 17.3 Å². The van der Waals surface area contributed by atoms with Gasteiger partial charge >= 0.3 is 0 Å². The Hall–Kier alpha value is -0.0500. The van der Waals surface area contributed by atoms with Gasteiger partial charge in [0.15, 0.2) is 5.78 Å². The van der Waals surface area contributed by atoms with E-state index in [0.717, 1.165) is 0 Å². The fourth-order valence-electron chi connectivity index (χ4n) is 0.812. The predicted octanol–water partition coefficient (Wildman–Crippen LogP) is 3.96. The summed E-state index contributed by atoms with van der Waals surface area (Å²) >= 11 is 14.7. The summed E-state index contributed by atoms with van der Waals surface area (Å²) < 4.78 is 0.598. The molecule has 0 aliphatic heterocycles. The molecule has 0 radical (unpaired) electrons. The minimum absolute atomic E-state index is 0.0636. The number of rotatable bonds is 1. The number of hydrogen-bond acceptors (Lipinski definition) is 1. The molecule has 12 heavy (non-hydrogen) atoms. The van der Waals surface area contributed by atoms with E-state index in [9.17, 15) is 4.79 Å². The smallest absolute Gasteiger partial charge is 0.161 e. The first-order valence-corrected chi connectivity index (χ1v) is 4.72. The van der Waals surface area contributed by atoms with Crippen LogP contribution in [0, 0.1) is 0 Å². The highest BCUT2D eigenvalue weighted by Gasteiger charge is 2.09. The molecule has 1 nitrogen and oxygen atoms in total. The van der Waals surface area contributed by atoms with Gasteiger partial charge in [-0.05, 0) is 35.0 Å². The molecule has 0 fully saturated rings. The minimum Gasteiger partial charge on any atom is -0.294 e. The van der Waals surface area contributed by atoms with Crippen molar-refractivity contribution in [3.05, 3.63) is 32.2 Å². The summed E-state index contributed by atoms with van der Waals surface area (Å²) in [5.74, 6) is -0.0636. The molecule has 1 rings (SSSR count). The van der Waals surface area contributed by atoms with Gasteiger partial charge < -0.3 is 0 Å². The van der Waals surface area contributed by atoms with Crippen LogP contribution < -0.4 is 0 Å². The van der Waals surface area contributed by atoms with Crippen LogP contribution in [0.25, 0.3) is 0 Å². The Labute approximate surface area is 88.8 Å². The second kappa shape index (κ2) is 3.77. The maximum atomic E-state index is 11.0. The van der Waals surface area contributed by atoms with E-state index >= 15 is 0 Å². The second-order valence-corrected chi connectivity index (χ2v) is 3.94. The summed E-state index contributed by atoms with van der Waals surface area (Å²) in [5.41, 5.74) is 0.507. The maximum absolute atomic E-state index is 11.0. The van der Waals surface area contributed by atoms with E-state index in [1.165, 1.54) is 6.92 Å². The quantitative estimate of drug-likeness (QED) is 0.556. The zero-order valence-corrected chi connectivity index (χ0v) is 9.29. The predicted molar refractivity (Wildman–Crippen MR) is 54.2 cm³/mol. The lowest BCUT2D eigenvalue weighted by molar-refractivity contribution is 0.101. The van der Waals surface area contributed by atoms with Crippen molar-refractivity contribution in [1.29, 1.82) is 0 Å². The largest absolute Gasteiger partial charge is 0.294 e. The average molecular weight is 268 g/mol. The molecule has 0 N–H and O–H groups in total. The van der Waals surface area contributed by atoms with Crippen molar-refractivity contribution in [2.45, 2.75) is 6.92 Å². The number of Topliss-reactive ketones (excluding diaryl/α,β-unsaturated/α-hetero) is 1. The number of benzene rings is 1. The van der Waals surface area contributed by atoms with Crippen LogP contribution in [0.5, 0.6) is 0 Å². The van der Waals surface area contributed by atoms with Crippen molar-refractivity contribution in [3.63, 3.8) is 0 Å². The molecule has 0 saturated carbocycles. The highest BCUT2D eigenvalue weighted by Crippen LogP contribution is 2.30. The maximum Gasteiger partial charge on any atom is 0.161 e. The van der Waals surface area contributed by atoms with E-state index in [0.29, 0.717) is 20.1 Å². The van der Waals surface area contributed by atoms with Gasteiger partial charge in [0.05, 0.1) is 5.02 Å². The Kier molecular flexibility index (Phi) is 3.16. The summed E-state index contributed by atoms with van der Waals surface area (Å²) in [6.45, 7) is 1.47. The molecule has 0 unspecified atom stereocenters. The highest BCUT2D eigenvalue weighted by atomic mass is 79.9. The van der Waals surface area contributed by atoms with Gasteiger partial charge in [-0.3, -0.25) is 4.79 Å². The van der Waals surface area contributed by atoms with Crippen molar-refractivity contribution in [3.8, 4) is 0 Å². The third kappa shape index (κ3) is 2.00. The Balaban J connectivity index is 3.37. The molecule has 64 valence electrons. The summed E-state index contributed by atoms with van der Waals surface area (Å²) in [4.78, 5) is 11.0. The Morgan fingerprint density at radius 3 is 2.50 bits per heavy atom. The summed E-state index contributed by atoms with van der Waals surface area (Å²) in [7, 11) is 0. The average Bonchev–Trinajstić information content (AvgIpc) is 1.96. The first kappa shape index (κ1) is 10.0. The summed E-state index contributed by atoms with van der Waals surface area (Å²) in [6, 6.07) is 3.17. The van der Waals surface area contributed by atoms with Gasteiger partial charge in [-0.15, -0.1) is 0 Å². The van der Waals surface area contributed by atoms with Crippen molar-refractivity contribution in [2.75, 3.05) is 0 Å². The number of carbonyl (C=O) groups is 1. The highest BCUT2D eigenvalue weighted by molar-refractivity contribution is 9.10. The zero-order valence-electron chi connectivity index (χ0n) is 6.20. The van der Waals surface area contributed by atoms with Crippen molar-refractivity contribution in [2.24, 2.45) is 0 Å². The molecular weight excluding hydrogens is 263 g/mol. The molecule has 0 saturated heterocycles. The van der Waals surface area contributed by atoms with Gasteiger partial charge in [-0.2, -0.15) is 0 Å². The third-order valence-electron chi connectivity index (χ3n) is 1.37. The van der Waals surface area contributed by atoms with E-state index in [2.05, 4.69) is 15.9 Å². The van der Waals surface area contributed by atoms with Crippen LogP contribution in [0.2, 0.25) is 10.0 Å². The summed E-state index contributed by atoms with van der Waals surface area (Å²) in [5, 5.41) is 0.918. The Morgan fingerprint density at radius 2 is 2.00 bits per heavy atom. The van der Waals surface area contributed by atoms with E-state index in [-0.39, 0.29) is 5.78 Å². The van der Waals surface area contributed by atoms with Crippen LogP contribution in [-0.2, 0) is 0 Å². The molecule has 0 heterocycles. The third-order valence-corrected chi connectivity index (χ3v) is 2.97. The van der Waals surface area contributed by atoms with Crippen molar-refractivity contribution < 1.29 is 4.79 Å². The summed E-state index contributed by atoms with van der Waals surface area (Å²) in [6.07, 6.45) is 0. The zero-order chi connectivity index (χ0) is 9.30. The van der Waals surface area contributed by atoms with Gasteiger partial charge in [0, 0.05) is 15.1 Å². The lowest BCUT2D eigenvalue weighted by Gasteiger charge is -2.02. The topological polar surface area (TPSA) is 17.1 Å². The van der Waals surface area contributed by atoms with E-state index in [4.69, 9.17) is 23.2 Å². The van der Waals surface area contributed by atoms with Gasteiger partial charge in [0.1, 0.15) is 0 Å². The molecule has 0 aliphatic rings. The fourth-order valence-corrected chi connectivity index (χ4v) is 1.81. The lowest BCUT2D eigenvalue weighted by Crippen LogP contribution is -1.93. The van der Waals surface area contributed by atoms with Crippen LogP contribution >= 0.6 is 39.1 Å². The molecule has 0 amide bonds. The number of hydrogen-bond donors (Lipinski definition) is 0. The fraction of sp³-hybridized carbons (Fsp3) is 0.125. The van der Waals surface area contributed by atoms with Crippen LogP contribution in [-0.4, -0.2) is 5.78 Å². The number of carbonyl (C=O) groups excluding carboxylic acids is 1. The first-order chi connectivity index (χ1) is 5.52. The van der Waals surface area contributed by atoms with Gasteiger partial charge in [0.2, 0.25) is 0 Å². The van der Waals surface area contributed by atoms with E-state index < -0.39 is 0 Å². The Morgan fingerprint density at radius 1 is 1.42 bits per heavy atom. The minimum atomic E-state index is -0.0636. The van der Waals surface area contributed by atoms with Crippen LogP contribution in [0.3, 0.4) is 0 Å². The molecule has 0 aromatic heterocycles. The molecule has 1 aromatic rings. The Bertz CT molecular complexity index is 336. The molecule has 4 heteroatoms. The number of ketones is 1. The van der Waals surface area contributed by atoms with Crippen LogP contribution in [0.15, 0.2) is 16.6 Å². The molecule has 1 aromatic carbocycles. The van der Waals surface area contributed by atoms with Crippen molar-refractivity contribution in [1.82, 2.24) is 0 Å². The SMILES string of the molecule is CC(=O)c1cc(Cl)cc(Cl)c1Br. The molecule has 0 atom stereocenters. The normalized spacial score (nSPS) is 10.0. The van der Waals surface area contributed by atoms with Gasteiger partial charge in [-0.25, -0.2) is 0 Å². The number of halogens is 3. The van der Waals surface area contributed by atoms with Crippen molar-refractivity contribution >= 4 is 44.9 Å². The second-order valence-electron chi connectivity index (χ2n) is 2.31. The first-order valence-electron chi connectivity index (χ1n) is 3.18. The monoisotopic (exact) mass is 266 g/mol. The molecular formula is C8H5BrCl2O. The van der Waals surface area contributed by atoms with Crippen LogP contribution in [0.4, 0.5) is 0 Å². The molecule has 0 bridgehead atoms. The van der Waals surface area contributed by atoms with Gasteiger partial charge in [-0.1, -0.05) is 23.2 Å². The van der Waals surface area contributed by atoms with E-state index in [1.54, 1.807) is 12.1 Å². The molecule has 0 spiro atoms. The lowest BCUT2D eigenvalue weighted by atomic mass is 10.1. The standard InChI is InChI=1S/C8H5BrCl2O/c1-4(12)6-2-5(10)3-7(11)8(6)9/h2-3H,1H3. The molecule has 0 aliphatic carbocycles. The van der Waals surface area contributed by atoms with Gasteiger partial charge in [0.25, 0.3) is 0 Å².